The molecule has 20 heteroatoms. The van der Waals surface area contributed by atoms with Crippen LogP contribution in [0.15, 0.2) is 12.7 Å². The highest BCUT2D eigenvalue weighted by molar-refractivity contribution is 7.56. The molecule has 0 aliphatic carbocycles. The third kappa shape index (κ3) is 5.81. The molecule has 3 heterocycles. The number of aliphatic hydroxyl groups excluding tert-OH is 2. The first-order valence-corrected chi connectivity index (χ1v) is 11.8. The predicted molar refractivity (Wildman–Crippen MR) is 97.0 cm³/mol. The Kier molecular flexibility index (Phi) is 7.70. The molecule has 170 valence electrons. The fourth-order valence-electron chi connectivity index (χ4n) is 2.56. The second kappa shape index (κ2) is 9.92. The van der Waals surface area contributed by atoms with Crippen molar-refractivity contribution in [1.82, 2.24) is 19.5 Å². The molecule has 6 N–H and O–H groups in total. The van der Waals surface area contributed by atoms with Crippen LogP contribution >= 0.6 is 24.3 Å². The van der Waals surface area contributed by atoms with E-state index in [1.807, 2.05) is 0 Å². The third-order valence-corrected chi connectivity index (χ3v) is 6.37. The van der Waals surface area contributed by atoms with E-state index in [2.05, 4.69) is 32.8 Å². The molecule has 31 heavy (non-hydrogen) atoms. The molecule has 1 aliphatic rings. The maximum Gasteiger partial charge on any atom is 0.710 e. The van der Waals surface area contributed by atoms with Gasteiger partial charge in [-0.1, -0.05) is 9.05 Å². The zero-order chi connectivity index (χ0) is 22.8. The molecule has 0 saturated carbocycles. The van der Waals surface area contributed by atoms with Crippen molar-refractivity contribution >= 4 is 41.3 Å². The number of phosphoric ester groups is 1. The van der Waals surface area contributed by atoms with Gasteiger partial charge in [0, 0.05) is 9.13 Å². The first kappa shape index (κ1) is 24.1. The van der Waals surface area contributed by atoms with Gasteiger partial charge in [-0.3, -0.25) is 14.0 Å². The molecule has 1 saturated heterocycles. The van der Waals surface area contributed by atoms with Crippen molar-refractivity contribution in [1.29, 1.82) is 0 Å². The SMILES string of the molecule is Nc1ncnc2c1ncn2[C@@H]1O[C@H](COP(=O)(O)O[P+](=O)OCO[P+](=O)O)[C@@H](O)[C@H]1O. The summed E-state index contributed by atoms with van der Waals surface area (Å²) in [6.07, 6.45) is -3.13. The van der Waals surface area contributed by atoms with E-state index in [-0.39, 0.29) is 17.0 Å². The number of aliphatic hydroxyl groups is 2. The van der Waals surface area contributed by atoms with E-state index in [0.29, 0.717) is 0 Å². The van der Waals surface area contributed by atoms with Crippen molar-refractivity contribution in [3.05, 3.63) is 12.7 Å². The Balaban J connectivity index is 1.60. The van der Waals surface area contributed by atoms with Crippen LogP contribution in [0.5, 0.6) is 0 Å². The number of anilines is 1. The standard InChI is InChI=1S/C11H14N5O12P3/c12-9-6-10(14-2-13-9)16(3-15-6)11-8(18)7(17)5(27-11)1-26-31(22,23)28-30(21)25-4-24-29(19)20/h2-3,5,7-8,11,17-18H,1,4H2,(H2-2,12,13,14,19,20,22,23)/p+2/t5-,7-,8-,11-/m1/s1. The number of nitrogens with two attached hydrogens (primary N) is 1. The van der Waals surface area contributed by atoms with Gasteiger partial charge in [-0.2, -0.15) is 0 Å². The van der Waals surface area contributed by atoms with Gasteiger partial charge in [-0.05, 0) is 4.31 Å². The fourth-order valence-corrected chi connectivity index (χ4v) is 4.31. The molecule has 3 rings (SSSR count). The molecule has 17 nitrogen and oxygen atoms in total. The summed E-state index contributed by atoms with van der Waals surface area (Å²) >= 11 is 0. The quantitative estimate of drug-likeness (QED) is 0.202. The minimum absolute atomic E-state index is 0.0858. The third-order valence-electron chi connectivity index (χ3n) is 3.89. The fraction of sp³-hybridized carbons (Fsp3) is 0.545. The van der Waals surface area contributed by atoms with Crippen molar-refractivity contribution in [2.75, 3.05) is 19.1 Å². The smallest absolute Gasteiger partial charge is 0.387 e. The van der Waals surface area contributed by atoms with E-state index in [9.17, 15) is 28.8 Å². The molecule has 1 aliphatic heterocycles. The van der Waals surface area contributed by atoms with Crippen LogP contribution in [-0.2, 0) is 36.3 Å². The lowest BCUT2D eigenvalue weighted by Crippen LogP contribution is -2.33. The minimum atomic E-state index is -4.97. The number of fused-ring (bicyclic) bond motifs is 1. The van der Waals surface area contributed by atoms with Crippen molar-refractivity contribution in [3.8, 4) is 0 Å². The van der Waals surface area contributed by atoms with E-state index in [1.165, 1.54) is 17.2 Å². The molecule has 0 radical (unpaired) electrons. The van der Waals surface area contributed by atoms with Crippen LogP contribution in [0.1, 0.15) is 6.23 Å². The molecule has 0 spiro atoms. The number of rotatable bonds is 10. The summed E-state index contributed by atoms with van der Waals surface area (Å²) in [7, 11) is -11.2. The highest BCUT2D eigenvalue weighted by Gasteiger charge is 2.46. The number of phosphoric acid groups is 1. The van der Waals surface area contributed by atoms with Crippen LogP contribution < -0.4 is 5.73 Å². The number of imidazole rings is 1. The Morgan fingerprint density at radius 2 is 1.97 bits per heavy atom. The van der Waals surface area contributed by atoms with E-state index < -0.39 is 62.3 Å². The van der Waals surface area contributed by atoms with Gasteiger partial charge in [0.25, 0.3) is 6.79 Å². The molecule has 2 aromatic heterocycles. The highest BCUT2D eigenvalue weighted by Crippen LogP contribution is 2.53. The average molecular weight is 503 g/mol. The summed E-state index contributed by atoms with van der Waals surface area (Å²) in [6, 6.07) is 0. The van der Waals surface area contributed by atoms with E-state index in [1.54, 1.807) is 0 Å². The predicted octanol–water partition coefficient (Wildman–Crippen LogP) is -0.541. The van der Waals surface area contributed by atoms with Crippen molar-refractivity contribution in [2.45, 2.75) is 24.5 Å². The first-order chi connectivity index (χ1) is 14.6. The number of aromatic nitrogens is 4. The van der Waals surface area contributed by atoms with E-state index in [4.69, 9.17) is 15.4 Å². The zero-order valence-electron chi connectivity index (χ0n) is 15.1. The lowest BCUT2D eigenvalue weighted by Gasteiger charge is -2.16. The summed E-state index contributed by atoms with van der Waals surface area (Å²) < 4.78 is 57.4. The average Bonchev–Trinajstić information content (AvgIpc) is 3.22. The van der Waals surface area contributed by atoms with Gasteiger partial charge in [0.15, 0.2) is 17.7 Å². The second-order valence-corrected chi connectivity index (χ2v) is 9.10. The van der Waals surface area contributed by atoms with Crippen molar-refractivity contribution in [2.24, 2.45) is 0 Å². The van der Waals surface area contributed by atoms with Gasteiger partial charge in [-0.25, -0.2) is 19.5 Å². The topological polar surface area (TPSA) is 248 Å². The Morgan fingerprint density at radius 1 is 1.23 bits per heavy atom. The Morgan fingerprint density at radius 3 is 2.68 bits per heavy atom. The molecule has 0 bridgehead atoms. The number of ether oxygens (including phenoxy) is 1. The lowest BCUT2D eigenvalue weighted by atomic mass is 10.1. The maximum absolute atomic E-state index is 11.8. The summed E-state index contributed by atoms with van der Waals surface area (Å²) in [5, 5.41) is 20.5. The summed E-state index contributed by atoms with van der Waals surface area (Å²) in [5.41, 5.74) is 6.14. The summed E-state index contributed by atoms with van der Waals surface area (Å²) in [4.78, 5) is 29.7. The first-order valence-electron chi connectivity index (χ1n) is 8.10. The number of nitrogen functional groups attached to an aromatic ring is 1. The largest absolute Gasteiger partial charge is 0.710 e. The number of hydrogen-bond acceptors (Lipinski definition) is 14. The molecular weight excluding hydrogens is 487 g/mol. The monoisotopic (exact) mass is 503 g/mol. The van der Waals surface area contributed by atoms with E-state index >= 15 is 0 Å². The van der Waals surface area contributed by atoms with Gasteiger partial charge < -0.3 is 20.7 Å². The maximum atomic E-state index is 11.8. The molecule has 3 unspecified atom stereocenters. The van der Waals surface area contributed by atoms with E-state index in [0.717, 1.165) is 0 Å². The molecule has 0 aromatic carbocycles. The van der Waals surface area contributed by atoms with Gasteiger partial charge >= 0.3 is 24.3 Å². The van der Waals surface area contributed by atoms with Crippen LogP contribution in [0, 0.1) is 0 Å². The molecule has 2 aromatic rings. The van der Waals surface area contributed by atoms with Crippen LogP contribution in [0.4, 0.5) is 5.82 Å². The molecule has 1 fully saturated rings. The van der Waals surface area contributed by atoms with Gasteiger partial charge in [0.05, 0.1) is 12.9 Å². The van der Waals surface area contributed by atoms with Crippen molar-refractivity contribution in [3.63, 3.8) is 0 Å². The van der Waals surface area contributed by atoms with Gasteiger partial charge in [0.2, 0.25) is 0 Å². The van der Waals surface area contributed by atoms with Crippen LogP contribution in [0.25, 0.3) is 11.2 Å². The van der Waals surface area contributed by atoms with Gasteiger partial charge in [0.1, 0.15) is 30.2 Å². The minimum Gasteiger partial charge on any atom is -0.387 e. The van der Waals surface area contributed by atoms with Gasteiger partial charge in [-0.15, -0.1) is 4.89 Å². The normalized spacial score (nSPS) is 26.7. The van der Waals surface area contributed by atoms with Crippen LogP contribution in [0.3, 0.4) is 0 Å². The van der Waals surface area contributed by atoms with Crippen molar-refractivity contribution < 1.29 is 56.3 Å². The summed E-state index contributed by atoms with van der Waals surface area (Å²) in [5.74, 6) is 0.0858. The van der Waals surface area contributed by atoms with Crippen LogP contribution in [-0.4, -0.2) is 71.2 Å². The molecule has 7 atom stereocenters. The van der Waals surface area contributed by atoms with Crippen LogP contribution in [0.2, 0.25) is 0 Å². The second-order valence-electron chi connectivity index (χ2n) is 5.81. The Bertz CT molecular complexity index is 1020. The Labute approximate surface area is 174 Å². The molecule has 0 amide bonds. The Hall–Kier alpha value is -1.58. The molecular formula is C11H16N5O12P3+2. The lowest BCUT2D eigenvalue weighted by molar-refractivity contribution is -0.0502. The number of nitrogens with zero attached hydrogens (tertiary/aromatic N) is 4. The zero-order valence-corrected chi connectivity index (χ0v) is 17.8. The highest BCUT2D eigenvalue weighted by atomic mass is 31.2. The number of hydrogen-bond donors (Lipinski definition) is 5. The summed E-state index contributed by atoms with van der Waals surface area (Å²) in [6.45, 7) is -1.71.